The predicted octanol–water partition coefficient (Wildman–Crippen LogP) is 6.22. The van der Waals surface area contributed by atoms with Gasteiger partial charge in [-0.2, -0.15) is 0 Å². The smallest absolute Gasteiger partial charge is 0.263 e. The summed E-state index contributed by atoms with van der Waals surface area (Å²) in [5.74, 6) is 0.119. The predicted molar refractivity (Wildman–Crippen MR) is 213 cm³/mol. The first-order valence-corrected chi connectivity index (χ1v) is 19.9. The largest absolute Gasteiger partial charge is 0.381 e. The van der Waals surface area contributed by atoms with Crippen molar-refractivity contribution in [2.45, 2.75) is 44.6 Å². The third-order valence-electron chi connectivity index (χ3n) is 11.6. The van der Waals surface area contributed by atoms with Gasteiger partial charge >= 0.3 is 0 Å². The molecule has 3 N–H and O–H groups in total. The van der Waals surface area contributed by atoms with Crippen LogP contribution in [0.1, 0.15) is 53.8 Å². The van der Waals surface area contributed by atoms with Crippen molar-refractivity contribution < 1.29 is 14.4 Å². The van der Waals surface area contributed by atoms with Crippen LogP contribution in [-0.2, 0) is 9.59 Å². The molecule has 5 aromatic rings. The molecule has 0 spiro atoms. The summed E-state index contributed by atoms with van der Waals surface area (Å²) in [7, 11) is 0. The molecule has 53 heavy (non-hydrogen) atoms. The summed E-state index contributed by atoms with van der Waals surface area (Å²) in [5, 5.41) is 11.2. The van der Waals surface area contributed by atoms with Crippen molar-refractivity contribution >= 4 is 67.1 Å². The lowest BCUT2D eigenvalue weighted by atomic mass is 9.90. The summed E-state index contributed by atoms with van der Waals surface area (Å²) in [6.45, 7) is 10.2. The Morgan fingerprint density at radius 3 is 2.25 bits per heavy atom. The number of piperidine rings is 2. The van der Waals surface area contributed by atoms with E-state index < -0.39 is 0 Å². The van der Waals surface area contributed by atoms with Crippen LogP contribution in [-0.4, -0.2) is 86.0 Å². The fourth-order valence-electron chi connectivity index (χ4n) is 8.59. The van der Waals surface area contributed by atoms with Gasteiger partial charge in [-0.05, 0) is 86.2 Å². The molecule has 3 fully saturated rings. The number of nitrogens with zero attached hydrogens (tertiary/aromatic N) is 4. The fraction of sp³-hybridized carbons (Fsp3) is 0.381. The van der Waals surface area contributed by atoms with Gasteiger partial charge in [0.05, 0.1) is 22.8 Å². The van der Waals surface area contributed by atoms with Crippen molar-refractivity contribution in [1.29, 1.82) is 0 Å². The van der Waals surface area contributed by atoms with E-state index in [1.807, 2.05) is 6.92 Å². The molecule has 0 radical (unpaired) electrons. The Bertz CT molecular complexity index is 2180. The minimum absolute atomic E-state index is 0.00924. The summed E-state index contributed by atoms with van der Waals surface area (Å²) < 4.78 is 1.10. The molecule has 6 heterocycles. The third kappa shape index (κ3) is 6.72. The zero-order chi connectivity index (χ0) is 36.1. The number of benzene rings is 3. The van der Waals surface area contributed by atoms with Crippen molar-refractivity contribution in [3.63, 3.8) is 0 Å². The molecule has 3 aromatic carbocycles. The fourth-order valence-corrected chi connectivity index (χ4v) is 9.68. The molecule has 0 bridgehead atoms. The number of nitrogens with one attached hydrogen (secondary N) is 3. The molecule has 0 saturated carbocycles. The minimum Gasteiger partial charge on any atom is -0.381 e. The van der Waals surface area contributed by atoms with Crippen molar-refractivity contribution in [3.8, 4) is 11.3 Å². The highest BCUT2D eigenvalue weighted by atomic mass is 32.1. The van der Waals surface area contributed by atoms with Gasteiger partial charge in [-0.1, -0.05) is 24.3 Å². The van der Waals surface area contributed by atoms with Crippen LogP contribution in [0.15, 0.2) is 72.8 Å². The number of hydrogen-bond acceptors (Lipinski definition) is 9. The van der Waals surface area contributed by atoms with Gasteiger partial charge in [-0.15, -0.1) is 11.3 Å². The molecule has 272 valence electrons. The molecule has 2 aromatic heterocycles. The number of imide groups is 1. The lowest BCUT2D eigenvalue weighted by molar-refractivity contribution is -0.134. The zero-order valence-corrected chi connectivity index (χ0v) is 30.9. The Labute approximate surface area is 313 Å². The second-order valence-electron chi connectivity index (χ2n) is 15.1. The van der Waals surface area contributed by atoms with Gasteiger partial charge in [-0.3, -0.25) is 24.6 Å². The van der Waals surface area contributed by atoms with Crippen molar-refractivity contribution in [2.75, 3.05) is 67.5 Å². The van der Waals surface area contributed by atoms with E-state index in [4.69, 9.17) is 4.98 Å². The van der Waals surface area contributed by atoms with Crippen LogP contribution in [0.4, 0.5) is 17.1 Å². The summed E-state index contributed by atoms with van der Waals surface area (Å²) in [6.07, 6.45) is 3.39. The second-order valence-corrected chi connectivity index (χ2v) is 16.2. The number of rotatable bonds is 6. The maximum Gasteiger partial charge on any atom is 0.263 e. The van der Waals surface area contributed by atoms with Crippen molar-refractivity contribution in [2.24, 2.45) is 5.92 Å². The number of anilines is 3. The van der Waals surface area contributed by atoms with Gasteiger partial charge in [0, 0.05) is 97.2 Å². The quantitative estimate of drug-likeness (QED) is 0.177. The second kappa shape index (κ2) is 14.1. The van der Waals surface area contributed by atoms with Crippen LogP contribution in [0.3, 0.4) is 0 Å². The van der Waals surface area contributed by atoms with E-state index in [1.54, 1.807) is 0 Å². The SMILES string of the molecule is C[C@@H]1CNc2c(sc3ccc4nc(-c5ccc(N6CCC(CN7CCN(c8ccc(C9CCC(=O)NC9=O)cc8)CC7)CC6)cc5)ccc4c23)C(=O)N1. The van der Waals surface area contributed by atoms with Crippen LogP contribution in [0.25, 0.3) is 32.2 Å². The summed E-state index contributed by atoms with van der Waals surface area (Å²) in [5.41, 5.74) is 7.37. The number of amides is 3. The topological polar surface area (TPSA) is 110 Å². The van der Waals surface area contributed by atoms with E-state index in [0.29, 0.717) is 25.3 Å². The van der Waals surface area contributed by atoms with Crippen LogP contribution in [0.2, 0.25) is 0 Å². The molecule has 1 unspecified atom stereocenters. The molecule has 3 saturated heterocycles. The van der Waals surface area contributed by atoms with Crippen molar-refractivity contribution in [1.82, 2.24) is 20.5 Å². The Hall–Kier alpha value is -5.00. The molecule has 9 rings (SSSR count). The molecule has 3 amide bonds. The molecular formula is C42H45N7O3S. The first-order valence-electron chi connectivity index (χ1n) is 19.0. The van der Waals surface area contributed by atoms with Gasteiger partial charge in [0.25, 0.3) is 5.91 Å². The molecule has 4 aliphatic heterocycles. The van der Waals surface area contributed by atoms with E-state index >= 15 is 0 Å². The number of carbonyl (C=O) groups excluding carboxylic acids is 3. The molecule has 11 heteroatoms. The van der Waals surface area contributed by atoms with Gasteiger partial charge in [0.1, 0.15) is 4.88 Å². The number of pyridine rings is 1. The monoisotopic (exact) mass is 727 g/mol. The molecule has 2 atom stereocenters. The molecular weight excluding hydrogens is 683 g/mol. The first-order chi connectivity index (χ1) is 25.9. The Kier molecular flexibility index (Phi) is 8.99. The van der Waals surface area contributed by atoms with E-state index in [-0.39, 0.29) is 29.7 Å². The van der Waals surface area contributed by atoms with Gasteiger partial charge in [-0.25, -0.2) is 4.98 Å². The Morgan fingerprint density at radius 1 is 0.792 bits per heavy atom. The summed E-state index contributed by atoms with van der Waals surface area (Å²) in [4.78, 5) is 50.0. The van der Waals surface area contributed by atoms with Gasteiger partial charge < -0.3 is 20.4 Å². The molecule has 4 aliphatic rings. The van der Waals surface area contributed by atoms with Crippen molar-refractivity contribution in [3.05, 3.63) is 83.2 Å². The number of thiophene rings is 1. The Morgan fingerprint density at radius 2 is 1.51 bits per heavy atom. The highest BCUT2D eigenvalue weighted by Crippen LogP contribution is 2.41. The van der Waals surface area contributed by atoms with Crippen LogP contribution < -0.4 is 25.8 Å². The maximum atomic E-state index is 12.8. The standard InChI is InChI=1S/C42H45N7O3S/c1-26-24-43-39-38-33-10-12-34(45-35(33)13-14-36(38)53-40(39)42(52)44-26)29-4-8-30(9-5-29)48-18-16-27(17-19-48)25-47-20-22-49(23-21-47)31-6-2-28(3-7-31)32-11-15-37(50)46-41(32)51/h2-10,12-14,26-27,32,43H,11,15-25H2,1H3,(H,44,52)(H,46,50,51)/t26-,32?/m1/s1. The highest BCUT2D eigenvalue weighted by Gasteiger charge is 2.29. The summed E-state index contributed by atoms with van der Waals surface area (Å²) in [6, 6.07) is 25.7. The molecule has 0 aliphatic carbocycles. The Balaban J connectivity index is 0.778. The zero-order valence-electron chi connectivity index (χ0n) is 30.1. The van der Waals surface area contributed by atoms with Gasteiger partial charge in [0.15, 0.2) is 0 Å². The third-order valence-corrected chi connectivity index (χ3v) is 12.8. The van der Waals surface area contributed by atoms with Gasteiger partial charge in [0.2, 0.25) is 11.8 Å². The number of aromatic nitrogens is 1. The number of hydrogen-bond donors (Lipinski definition) is 3. The van der Waals surface area contributed by atoms with Crippen LogP contribution in [0.5, 0.6) is 0 Å². The van der Waals surface area contributed by atoms with Crippen LogP contribution >= 0.6 is 11.3 Å². The number of piperazine rings is 1. The van der Waals surface area contributed by atoms with Crippen LogP contribution in [0, 0.1) is 5.92 Å². The average Bonchev–Trinajstić information content (AvgIpc) is 3.50. The lowest BCUT2D eigenvalue weighted by Gasteiger charge is -2.40. The highest BCUT2D eigenvalue weighted by molar-refractivity contribution is 7.21. The molecule has 10 nitrogen and oxygen atoms in total. The number of carbonyl (C=O) groups is 3. The number of fused-ring (bicyclic) bond motifs is 5. The normalized spacial score (nSPS) is 21.6. The lowest BCUT2D eigenvalue weighted by Crippen LogP contribution is -2.49. The van der Waals surface area contributed by atoms with E-state index in [9.17, 15) is 14.4 Å². The van der Waals surface area contributed by atoms with E-state index in [2.05, 4.69) is 103 Å². The van der Waals surface area contributed by atoms with E-state index in [0.717, 1.165) is 94.2 Å². The minimum atomic E-state index is -0.234. The average molecular weight is 728 g/mol. The first kappa shape index (κ1) is 33.8. The summed E-state index contributed by atoms with van der Waals surface area (Å²) >= 11 is 1.54. The maximum absolute atomic E-state index is 12.8. The van der Waals surface area contributed by atoms with E-state index in [1.165, 1.54) is 35.6 Å².